The van der Waals surface area contributed by atoms with Gasteiger partial charge in [0.1, 0.15) is 5.75 Å². The lowest BCUT2D eigenvalue weighted by Gasteiger charge is -2.29. The van der Waals surface area contributed by atoms with E-state index < -0.39 is 0 Å². The van der Waals surface area contributed by atoms with Gasteiger partial charge in [-0.3, -0.25) is 0 Å². The molecular formula is C25H28N6O. The van der Waals surface area contributed by atoms with E-state index in [1.54, 1.807) is 12.3 Å². The Morgan fingerprint density at radius 1 is 0.875 bits per heavy atom. The first-order valence-corrected chi connectivity index (χ1v) is 11.7. The van der Waals surface area contributed by atoms with E-state index in [2.05, 4.69) is 36.7 Å². The monoisotopic (exact) mass is 428 g/mol. The number of nitrogens with one attached hydrogen (secondary N) is 1. The van der Waals surface area contributed by atoms with Gasteiger partial charge in [0.15, 0.2) is 5.82 Å². The molecule has 0 radical (unpaired) electrons. The van der Waals surface area contributed by atoms with Crippen molar-refractivity contribution < 1.29 is 5.11 Å². The summed E-state index contributed by atoms with van der Waals surface area (Å²) in [5, 5.41) is 31.7. The van der Waals surface area contributed by atoms with Gasteiger partial charge < -0.3 is 15.3 Å². The summed E-state index contributed by atoms with van der Waals surface area (Å²) in [4.78, 5) is 2.30. The van der Waals surface area contributed by atoms with E-state index >= 15 is 0 Å². The first kappa shape index (κ1) is 19.6. The zero-order valence-corrected chi connectivity index (χ0v) is 18.1. The van der Waals surface area contributed by atoms with Gasteiger partial charge in [-0.25, -0.2) is 0 Å². The van der Waals surface area contributed by atoms with E-state index in [-0.39, 0.29) is 5.75 Å². The van der Waals surface area contributed by atoms with Gasteiger partial charge in [-0.15, -0.1) is 10.2 Å². The van der Waals surface area contributed by atoms with E-state index in [1.807, 2.05) is 24.3 Å². The lowest BCUT2D eigenvalue weighted by molar-refractivity contribution is 0.311. The summed E-state index contributed by atoms with van der Waals surface area (Å²) in [5.74, 6) is 1.64. The van der Waals surface area contributed by atoms with Gasteiger partial charge in [0, 0.05) is 42.2 Å². The van der Waals surface area contributed by atoms with Crippen LogP contribution in [0.2, 0.25) is 0 Å². The molecule has 1 atom stereocenters. The molecule has 2 aromatic heterocycles. The number of hydrogen-bond donors (Lipinski definition) is 2. The van der Waals surface area contributed by atoms with Crippen molar-refractivity contribution in [2.75, 3.05) is 18.0 Å². The Labute approximate surface area is 187 Å². The van der Waals surface area contributed by atoms with Gasteiger partial charge in [-0.2, -0.15) is 10.2 Å². The third-order valence-corrected chi connectivity index (χ3v) is 7.02. The van der Waals surface area contributed by atoms with Crippen LogP contribution in [0, 0.1) is 0 Å². The topological polar surface area (TPSA) is 87.1 Å². The Morgan fingerprint density at radius 2 is 1.78 bits per heavy atom. The number of nitrogens with zero attached hydrogens (tertiary/aromatic N) is 5. The van der Waals surface area contributed by atoms with E-state index in [0.29, 0.717) is 29.3 Å². The Bertz CT molecular complexity index is 1110. The van der Waals surface area contributed by atoms with E-state index in [4.69, 9.17) is 0 Å². The molecule has 164 valence electrons. The fraction of sp³-hybridized carbons (Fsp3) is 0.440. The highest BCUT2D eigenvalue weighted by molar-refractivity contribution is 5.74. The van der Waals surface area contributed by atoms with Crippen LogP contribution in [0.5, 0.6) is 5.75 Å². The van der Waals surface area contributed by atoms with Gasteiger partial charge in [0.05, 0.1) is 17.6 Å². The predicted molar refractivity (Wildman–Crippen MR) is 124 cm³/mol. The maximum absolute atomic E-state index is 10.7. The fourth-order valence-electron chi connectivity index (χ4n) is 4.70. The molecule has 3 aliphatic rings. The normalized spacial score (nSPS) is 21.0. The summed E-state index contributed by atoms with van der Waals surface area (Å²) < 4.78 is 0. The third-order valence-electron chi connectivity index (χ3n) is 7.02. The minimum atomic E-state index is 0.195. The number of benzene rings is 1. The molecule has 3 fully saturated rings. The largest absolute Gasteiger partial charge is 0.507 e. The molecule has 7 heteroatoms. The highest BCUT2D eigenvalue weighted by Gasteiger charge is 2.28. The minimum absolute atomic E-state index is 0.195. The van der Waals surface area contributed by atoms with Crippen molar-refractivity contribution in [3.05, 3.63) is 48.3 Å². The van der Waals surface area contributed by atoms with E-state index in [1.165, 1.54) is 32.1 Å². The second-order valence-electron chi connectivity index (χ2n) is 9.38. The van der Waals surface area contributed by atoms with Crippen LogP contribution in [-0.2, 0) is 0 Å². The molecule has 3 aromatic rings. The fourth-order valence-corrected chi connectivity index (χ4v) is 4.70. The number of phenols is 1. The van der Waals surface area contributed by atoms with E-state index in [0.717, 1.165) is 42.1 Å². The summed E-state index contributed by atoms with van der Waals surface area (Å²) in [6.45, 7) is 1.98. The molecule has 1 aliphatic heterocycles. The van der Waals surface area contributed by atoms with Crippen molar-refractivity contribution >= 4 is 5.82 Å². The van der Waals surface area contributed by atoms with Crippen LogP contribution in [-0.4, -0.2) is 50.7 Å². The predicted octanol–water partition coefficient (Wildman–Crippen LogP) is 3.90. The first-order valence-electron chi connectivity index (χ1n) is 11.7. The van der Waals surface area contributed by atoms with Crippen LogP contribution in [0.1, 0.15) is 50.1 Å². The molecule has 2 saturated carbocycles. The van der Waals surface area contributed by atoms with Gasteiger partial charge in [-0.1, -0.05) is 12.5 Å². The molecule has 7 nitrogen and oxygen atoms in total. The van der Waals surface area contributed by atoms with Crippen LogP contribution in [0.3, 0.4) is 0 Å². The molecule has 0 amide bonds. The summed E-state index contributed by atoms with van der Waals surface area (Å²) in [6.07, 6.45) is 9.25. The lowest BCUT2D eigenvalue weighted by Crippen LogP contribution is -2.43. The van der Waals surface area contributed by atoms with Crippen LogP contribution in [0.25, 0.3) is 22.4 Å². The number of anilines is 1. The Morgan fingerprint density at radius 3 is 2.50 bits per heavy atom. The third kappa shape index (κ3) is 3.93. The molecule has 1 unspecified atom stereocenters. The zero-order valence-electron chi connectivity index (χ0n) is 18.1. The maximum Gasteiger partial charge on any atom is 0.151 e. The van der Waals surface area contributed by atoms with Crippen LogP contribution in [0.4, 0.5) is 5.82 Å². The average Bonchev–Trinajstić information content (AvgIpc) is 3.55. The van der Waals surface area contributed by atoms with Crippen molar-refractivity contribution in [2.45, 2.75) is 56.5 Å². The second-order valence-corrected chi connectivity index (χ2v) is 9.38. The van der Waals surface area contributed by atoms with Gasteiger partial charge in [-0.05, 0) is 68.0 Å². The molecule has 32 heavy (non-hydrogen) atoms. The van der Waals surface area contributed by atoms with Gasteiger partial charge >= 0.3 is 0 Å². The molecule has 1 aromatic carbocycles. The molecule has 2 aliphatic carbocycles. The Kier molecular flexibility index (Phi) is 4.98. The minimum Gasteiger partial charge on any atom is -0.507 e. The molecule has 6 rings (SSSR count). The van der Waals surface area contributed by atoms with Crippen LogP contribution >= 0.6 is 0 Å². The van der Waals surface area contributed by atoms with Crippen molar-refractivity contribution in [1.82, 2.24) is 25.7 Å². The highest BCUT2D eigenvalue weighted by Crippen LogP contribution is 2.40. The number of hydrogen-bond acceptors (Lipinski definition) is 7. The Hall–Kier alpha value is -3.06. The SMILES string of the molecule is Oc1cc(-c2cnnc(C3CC3)c2)ccc1-c1ccc(N2CCC(NC3CCC3)C2)nn1. The highest BCUT2D eigenvalue weighted by atomic mass is 16.3. The number of aromatic hydroxyl groups is 1. The lowest BCUT2D eigenvalue weighted by atomic mass is 9.92. The summed E-state index contributed by atoms with van der Waals surface area (Å²) in [7, 11) is 0. The molecule has 2 N–H and O–H groups in total. The van der Waals surface area contributed by atoms with E-state index in [9.17, 15) is 5.11 Å². The summed E-state index contributed by atoms with van der Waals surface area (Å²) >= 11 is 0. The first-order chi connectivity index (χ1) is 15.7. The molecular weight excluding hydrogens is 400 g/mol. The van der Waals surface area contributed by atoms with Gasteiger partial charge in [0.25, 0.3) is 0 Å². The van der Waals surface area contributed by atoms with Crippen molar-refractivity contribution in [3.63, 3.8) is 0 Å². The maximum atomic E-state index is 10.7. The summed E-state index contributed by atoms with van der Waals surface area (Å²) in [6, 6.07) is 13.0. The molecule has 0 spiro atoms. The number of rotatable bonds is 6. The number of aromatic nitrogens is 4. The number of phenolic OH excluding ortho intramolecular Hbond substituents is 1. The standard InChI is InChI=1S/C25H28N6O/c32-24-13-17(18-12-23(16-4-5-16)28-26-14-18)6-7-21(24)22-8-9-25(30-29-22)31-11-10-20(15-31)27-19-2-1-3-19/h6-9,12-14,16,19-20,27,32H,1-5,10-11,15H2. The zero-order chi connectivity index (χ0) is 21.5. The van der Waals surface area contributed by atoms with Gasteiger partial charge in [0.2, 0.25) is 0 Å². The quantitative estimate of drug-likeness (QED) is 0.616. The molecule has 0 bridgehead atoms. The smallest absolute Gasteiger partial charge is 0.151 e. The van der Waals surface area contributed by atoms with Crippen molar-refractivity contribution in [1.29, 1.82) is 0 Å². The van der Waals surface area contributed by atoms with Crippen molar-refractivity contribution in [3.8, 4) is 28.1 Å². The average molecular weight is 429 g/mol. The summed E-state index contributed by atoms with van der Waals surface area (Å²) in [5.41, 5.74) is 4.30. The van der Waals surface area contributed by atoms with Crippen LogP contribution < -0.4 is 10.2 Å². The second kappa shape index (κ2) is 8.13. The molecule has 1 saturated heterocycles. The molecule has 3 heterocycles. The van der Waals surface area contributed by atoms with Crippen LogP contribution in [0.15, 0.2) is 42.6 Å². The van der Waals surface area contributed by atoms with Crippen molar-refractivity contribution in [2.24, 2.45) is 0 Å². The Balaban J connectivity index is 1.16.